The molecule has 0 radical (unpaired) electrons. The van der Waals surface area contributed by atoms with Crippen LogP contribution in [0, 0.1) is 0 Å². The molecule has 0 aromatic carbocycles. The van der Waals surface area contributed by atoms with E-state index in [1.807, 2.05) is 24.4 Å². The minimum absolute atomic E-state index is 0.825. The van der Waals surface area contributed by atoms with Crippen molar-refractivity contribution >= 4 is 17.0 Å². The summed E-state index contributed by atoms with van der Waals surface area (Å²) in [6, 6.07) is 8.23. The average molecular weight is 257 g/mol. The summed E-state index contributed by atoms with van der Waals surface area (Å²) in [7, 11) is 0. The maximum Gasteiger partial charge on any atom is 0.137 e. The highest BCUT2D eigenvalue weighted by Gasteiger charge is 2.00. The number of thiophene rings is 1. The Hall–Kier alpha value is -1.65. The van der Waals surface area contributed by atoms with E-state index in [-0.39, 0.29) is 0 Å². The van der Waals surface area contributed by atoms with Crippen LogP contribution >= 0.6 is 11.3 Å². The van der Waals surface area contributed by atoms with Crippen molar-refractivity contribution in [1.82, 2.24) is 14.7 Å². The number of pyridine rings is 1. The van der Waals surface area contributed by atoms with Gasteiger partial charge in [0.05, 0.1) is 5.69 Å². The summed E-state index contributed by atoms with van der Waals surface area (Å²) in [6.07, 6.45) is 5.18. The Bertz CT molecular complexity index is 580. The third-order valence-corrected chi connectivity index (χ3v) is 3.62. The molecule has 3 heterocycles. The number of aromatic nitrogens is 2. The first-order valence-corrected chi connectivity index (χ1v) is 7.00. The molecule has 0 spiro atoms. The Morgan fingerprint density at radius 1 is 1.28 bits per heavy atom. The molecule has 0 aliphatic carbocycles. The number of hydrogen-bond donors (Lipinski definition) is 1. The standard InChI is InChI=1S/C14H15N3S/c1-2-7-17-10-13(16-14(17)3-1)9-15-6-4-12-5-8-18-11-12/h1-3,5,7-8,10-11,15H,4,6,9H2. The smallest absolute Gasteiger partial charge is 0.137 e. The third kappa shape index (κ3) is 2.60. The summed E-state index contributed by atoms with van der Waals surface area (Å²) in [5.41, 5.74) is 3.50. The number of imidazole rings is 1. The fourth-order valence-corrected chi connectivity index (χ4v) is 2.66. The monoisotopic (exact) mass is 257 g/mol. The molecule has 0 aliphatic heterocycles. The maximum atomic E-state index is 4.55. The van der Waals surface area contributed by atoms with Gasteiger partial charge in [-0.15, -0.1) is 0 Å². The van der Waals surface area contributed by atoms with Gasteiger partial charge >= 0.3 is 0 Å². The van der Waals surface area contributed by atoms with Crippen molar-refractivity contribution < 1.29 is 0 Å². The van der Waals surface area contributed by atoms with E-state index in [0.717, 1.165) is 30.9 Å². The SMILES string of the molecule is c1ccn2cc(CNCCc3ccsc3)nc2c1. The molecule has 0 aliphatic rings. The van der Waals surface area contributed by atoms with Crippen molar-refractivity contribution in [2.24, 2.45) is 0 Å². The van der Waals surface area contributed by atoms with Crippen LogP contribution in [0.5, 0.6) is 0 Å². The fraction of sp³-hybridized carbons (Fsp3) is 0.214. The molecule has 92 valence electrons. The van der Waals surface area contributed by atoms with Crippen LogP contribution in [0.2, 0.25) is 0 Å². The largest absolute Gasteiger partial charge is 0.311 e. The van der Waals surface area contributed by atoms with Gasteiger partial charge in [0.2, 0.25) is 0 Å². The highest BCUT2D eigenvalue weighted by atomic mass is 32.1. The molecule has 0 fully saturated rings. The van der Waals surface area contributed by atoms with Gasteiger partial charge in [-0.25, -0.2) is 4.98 Å². The first-order chi connectivity index (χ1) is 8.92. The molecule has 3 nitrogen and oxygen atoms in total. The normalized spacial score (nSPS) is 11.1. The summed E-state index contributed by atoms with van der Waals surface area (Å²) >= 11 is 1.75. The van der Waals surface area contributed by atoms with E-state index < -0.39 is 0 Å². The van der Waals surface area contributed by atoms with Crippen molar-refractivity contribution in [3.63, 3.8) is 0 Å². The molecule has 0 unspecified atom stereocenters. The Labute approximate surface area is 110 Å². The minimum Gasteiger partial charge on any atom is -0.311 e. The lowest BCUT2D eigenvalue weighted by atomic mass is 10.2. The highest BCUT2D eigenvalue weighted by molar-refractivity contribution is 7.07. The van der Waals surface area contributed by atoms with Crippen molar-refractivity contribution in [3.8, 4) is 0 Å². The van der Waals surface area contributed by atoms with Gasteiger partial charge in [0.15, 0.2) is 0 Å². The molecule has 0 saturated carbocycles. The van der Waals surface area contributed by atoms with Crippen LogP contribution in [-0.4, -0.2) is 15.9 Å². The van der Waals surface area contributed by atoms with Crippen LogP contribution in [-0.2, 0) is 13.0 Å². The topological polar surface area (TPSA) is 29.3 Å². The average Bonchev–Trinajstić information content (AvgIpc) is 3.03. The molecule has 3 aromatic rings. The molecule has 4 heteroatoms. The van der Waals surface area contributed by atoms with Gasteiger partial charge < -0.3 is 9.72 Å². The second kappa shape index (κ2) is 5.33. The number of rotatable bonds is 5. The van der Waals surface area contributed by atoms with Gasteiger partial charge in [0.1, 0.15) is 5.65 Å². The summed E-state index contributed by atoms with van der Waals surface area (Å²) in [4.78, 5) is 4.55. The zero-order valence-electron chi connectivity index (χ0n) is 10.0. The van der Waals surface area contributed by atoms with E-state index in [1.54, 1.807) is 11.3 Å². The van der Waals surface area contributed by atoms with E-state index in [2.05, 4.69) is 37.7 Å². The lowest BCUT2D eigenvalue weighted by Crippen LogP contribution is -2.16. The lowest BCUT2D eigenvalue weighted by molar-refractivity contribution is 0.678. The maximum absolute atomic E-state index is 4.55. The van der Waals surface area contributed by atoms with E-state index in [0.29, 0.717) is 0 Å². The summed E-state index contributed by atoms with van der Waals surface area (Å²) in [6.45, 7) is 1.82. The fourth-order valence-electron chi connectivity index (χ4n) is 1.96. The van der Waals surface area contributed by atoms with Gasteiger partial charge in [-0.3, -0.25) is 0 Å². The number of nitrogens with zero attached hydrogens (tertiary/aromatic N) is 2. The second-order valence-corrected chi connectivity index (χ2v) is 5.04. The van der Waals surface area contributed by atoms with Crippen LogP contribution in [0.15, 0.2) is 47.4 Å². The quantitative estimate of drug-likeness (QED) is 0.712. The van der Waals surface area contributed by atoms with Crippen molar-refractivity contribution in [1.29, 1.82) is 0 Å². The van der Waals surface area contributed by atoms with Gasteiger partial charge in [-0.1, -0.05) is 6.07 Å². The molecule has 0 bridgehead atoms. The van der Waals surface area contributed by atoms with Crippen molar-refractivity contribution in [2.75, 3.05) is 6.54 Å². The summed E-state index contributed by atoms with van der Waals surface area (Å²) in [5.74, 6) is 0. The van der Waals surface area contributed by atoms with Crippen LogP contribution in [0.1, 0.15) is 11.3 Å². The molecule has 3 rings (SSSR count). The molecule has 3 aromatic heterocycles. The Balaban J connectivity index is 1.53. The third-order valence-electron chi connectivity index (χ3n) is 2.89. The molecule has 0 amide bonds. The molecule has 0 atom stereocenters. The first-order valence-electron chi connectivity index (χ1n) is 6.06. The molecular weight excluding hydrogens is 242 g/mol. The number of nitrogens with one attached hydrogen (secondary N) is 1. The second-order valence-electron chi connectivity index (χ2n) is 4.26. The van der Waals surface area contributed by atoms with Gasteiger partial charge in [0, 0.05) is 18.9 Å². The zero-order chi connectivity index (χ0) is 12.2. The predicted molar refractivity (Wildman–Crippen MR) is 74.9 cm³/mol. The van der Waals surface area contributed by atoms with Gasteiger partial charge in [-0.2, -0.15) is 11.3 Å². The van der Waals surface area contributed by atoms with E-state index in [4.69, 9.17) is 0 Å². The Morgan fingerprint density at radius 3 is 3.11 bits per heavy atom. The summed E-state index contributed by atoms with van der Waals surface area (Å²) < 4.78 is 2.05. The molecular formula is C14H15N3S. The zero-order valence-corrected chi connectivity index (χ0v) is 10.9. The van der Waals surface area contributed by atoms with Gasteiger partial charge in [-0.05, 0) is 47.5 Å². The molecule has 18 heavy (non-hydrogen) atoms. The predicted octanol–water partition coefficient (Wildman–Crippen LogP) is 2.73. The highest BCUT2D eigenvalue weighted by Crippen LogP contribution is 2.06. The number of fused-ring (bicyclic) bond motifs is 1. The summed E-state index contributed by atoms with van der Waals surface area (Å²) in [5, 5.41) is 7.75. The van der Waals surface area contributed by atoms with Crippen LogP contribution < -0.4 is 5.32 Å². The Morgan fingerprint density at radius 2 is 2.28 bits per heavy atom. The van der Waals surface area contributed by atoms with Crippen LogP contribution in [0.25, 0.3) is 5.65 Å². The van der Waals surface area contributed by atoms with E-state index in [1.165, 1.54) is 5.56 Å². The molecule has 0 saturated heterocycles. The van der Waals surface area contributed by atoms with Crippen molar-refractivity contribution in [2.45, 2.75) is 13.0 Å². The van der Waals surface area contributed by atoms with Crippen molar-refractivity contribution in [3.05, 3.63) is 58.7 Å². The van der Waals surface area contributed by atoms with E-state index >= 15 is 0 Å². The van der Waals surface area contributed by atoms with Gasteiger partial charge in [0.25, 0.3) is 0 Å². The minimum atomic E-state index is 0.825. The first kappa shape index (κ1) is 11.4. The van der Waals surface area contributed by atoms with E-state index in [9.17, 15) is 0 Å². The molecule has 1 N–H and O–H groups in total. The number of hydrogen-bond acceptors (Lipinski definition) is 3. The Kier molecular flexibility index (Phi) is 3.39. The lowest BCUT2D eigenvalue weighted by Gasteiger charge is -2.00. The van der Waals surface area contributed by atoms with Crippen LogP contribution in [0.4, 0.5) is 0 Å². The van der Waals surface area contributed by atoms with Crippen LogP contribution in [0.3, 0.4) is 0 Å².